The Bertz CT molecular complexity index is 16.0. The fourth-order valence-electron chi connectivity index (χ4n) is 0. The van der Waals surface area contributed by atoms with Crippen molar-refractivity contribution in [2.75, 3.05) is 0 Å². The van der Waals surface area contributed by atoms with Crippen molar-refractivity contribution >= 4 is 86.6 Å². The maximum atomic E-state index is 0. The molecule has 0 rings (SSSR count). The molecule has 0 fully saturated rings. The minimum atomic E-state index is 0. The van der Waals surface area contributed by atoms with Crippen molar-refractivity contribution in [2.24, 2.45) is 0 Å². The second-order valence-corrected chi connectivity index (χ2v) is 0. The zero-order valence-electron chi connectivity index (χ0n) is 4.93. The van der Waals surface area contributed by atoms with E-state index in [9.17, 15) is 0 Å². The van der Waals surface area contributed by atoms with Gasteiger partial charge in [-0.25, -0.2) is 0 Å². The second-order valence-electron chi connectivity index (χ2n) is 0. The fourth-order valence-corrected chi connectivity index (χ4v) is 0. The molecule has 8 heavy (non-hydrogen) atoms. The molecule has 0 heterocycles. The van der Waals surface area contributed by atoms with Crippen molar-refractivity contribution < 1.29 is 98.0 Å². The summed E-state index contributed by atoms with van der Waals surface area (Å²) < 4.78 is 0. The van der Waals surface area contributed by atoms with Gasteiger partial charge in [-0.2, -0.15) is 0 Å². The molecular formula is BaCaCl4LiNa+2. The summed E-state index contributed by atoms with van der Waals surface area (Å²) in [5.74, 6) is 0. The van der Waals surface area contributed by atoms with Crippen LogP contribution in [-0.2, 0) is 0 Å². The molecular weight excluding hydrogens is 349 g/mol. The fraction of sp³-hybridized carbons (Fsp3) is 0. The Balaban J connectivity index is 0. The van der Waals surface area contributed by atoms with E-state index in [1.165, 1.54) is 0 Å². The molecule has 0 aliphatic heterocycles. The Morgan fingerprint density at radius 3 is 0.625 bits per heavy atom. The van der Waals surface area contributed by atoms with Crippen LogP contribution in [0, 0.1) is 0 Å². The van der Waals surface area contributed by atoms with Crippen molar-refractivity contribution in [3.8, 4) is 0 Å². The molecule has 0 aromatic carbocycles. The number of hydrogen-bond donors (Lipinski definition) is 0. The second kappa shape index (κ2) is 54.1. The van der Waals surface area contributed by atoms with E-state index in [2.05, 4.69) is 0 Å². The molecule has 0 aromatic rings. The van der Waals surface area contributed by atoms with E-state index in [-0.39, 0.29) is 185 Å². The van der Waals surface area contributed by atoms with Gasteiger partial charge in [-0.1, -0.05) is 0 Å². The standard InChI is InChI=1S/Ba.Ca.4ClH.Li.Na/h;;4*1H;;/q2*+2;;;;;2*+1/p-4. The number of rotatable bonds is 0. The Labute approximate surface area is 179 Å². The molecule has 0 amide bonds. The van der Waals surface area contributed by atoms with E-state index in [0.29, 0.717) is 0 Å². The van der Waals surface area contributed by atoms with Gasteiger partial charge in [0, 0.05) is 0 Å². The average Bonchev–Trinajstić information content (AvgIpc) is 0. The van der Waals surface area contributed by atoms with Crippen LogP contribution in [0.25, 0.3) is 0 Å². The smallest absolute Gasteiger partial charge is 1.00 e. The molecule has 0 nitrogen and oxygen atoms in total. The minimum absolute atomic E-state index is 0. The van der Waals surface area contributed by atoms with E-state index in [0.717, 1.165) is 0 Å². The van der Waals surface area contributed by atoms with Gasteiger partial charge in [-0.15, -0.1) is 0 Å². The van der Waals surface area contributed by atoms with Crippen LogP contribution in [0.3, 0.4) is 0 Å². The summed E-state index contributed by atoms with van der Waals surface area (Å²) in [5, 5.41) is 0. The van der Waals surface area contributed by atoms with Crippen LogP contribution in [0.5, 0.6) is 0 Å². The van der Waals surface area contributed by atoms with Crippen molar-refractivity contribution in [1.82, 2.24) is 0 Å². The van der Waals surface area contributed by atoms with Crippen molar-refractivity contribution in [3.05, 3.63) is 0 Å². The van der Waals surface area contributed by atoms with E-state index >= 15 is 0 Å². The maximum absolute atomic E-state index is 0. The van der Waals surface area contributed by atoms with Gasteiger partial charge in [0.1, 0.15) is 0 Å². The minimum Gasteiger partial charge on any atom is -1.00 e. The van der Waals surface area contributed by atoms with Crippen LogP contribution in [0.2, 0.25) is 0 Å². The Hall–Kier alpha value is 5.59. The average molecular weight is 349 g/mol. The molecule has 0 aliphatic rings. The van der Waals surface area contributed by atoms with Crippen LogP contribution in [0.1, 0.15) is 0 Å². The molecule has 0 radical (unpaired) electrons. The Morgan fingerprint density at radius 1 is 0.625 bits per heavy atom. The quantitative estimate of drug-likeness (QED) is 0.381. The molecule has 0 spiro atoms. The molecule has 0 N–H and O–H groups in total. The van der Waals surface area contributed by atoms with Gasteiger partial charge in [0.2, 0.25) is 0 Å². The first-order chi connectivity index (χ1) is 0. The topological polar surface area (TPSA) is 0 Å². The Morgan fingerprint density at radius 2 is 0.625 bits per heavy atom. The molecule has 0 aliphatic carbocycles. The van der Waals surface area contributed by atoms with Crippen LogP contribution in [-0.4, -0.2) is 86.6 Å². The van der Waals surface area contributed by atoms with Crippen LogP contribution in [0.4, 0.5) is 0 Å². The van der Waals surface area contributed by atoms with Crippen LogP contribution in [0.15, 0.2) is 0 Å². The largest absolute Gasteiger partial charge is 2.00 e. The predicted molar refractivity (Wildman–Crippen MR) is 11.5 cm³/mol. The summed E-state index contributed by atoms with van der Waals surface area (Å²) >= 11 is 0. The van der Waals surface area contributed by atoms with Gasteiger partial charge < -0.3 is 49.6 Å². The molecule has 0 atom stereocenters. The Kier molecular flexibility index (Phi) is 467. The molecule has 0 saturated carbocycles. The van der Waals surface area contributed by atoms with Crippen molar-refractivity contribution in [3.63, 3.8) is 0 Å². The van der Waals surface area contributed by atoms with Gasteiger partial charge in [-0.3, -0.25) is 0 Å². The monoisotopic (exact) mass is 348 g/mol. The first-order valence-electron chi connectivity index (χ1n) is 0. The molecule has 8 heteroatoms. The van der Waals surface area contributed by atoms with E-state index in [4.69, 9.17) is 0 Å². The van der Waals surface area contributed by atoms with Crippen molar-refractivity contribution in [2.45, 2.75) is 0 Å². The van der Waals surface area contributed by atoms with Crippen LogP contribution < -0.4 is 98.0 Å². The molecule has 0 bridgehead atoms. The zero-order chi connectivity index (χ0) is 0. The first-order valence-corrected chi connectivity index (χ1v) is 0. The summed E-state index contributed by atoms with van der Waals surface area (Å²) in [6, 6.07) is 0. The number of halogens is 4. The van der Waals surface area contributed by atoms with E-state index in [1.807, 2.05) is 0 Å². The molecule has 0 saturated heterocycles. The summed E-state index contributed by atoms with van der Waals surface area (Å²) in [7, 11) is 0. The molecule has 0 aromatic heterocycles. The summed E-state index contributed by atoms with van der Waals surface area (Å²) in [4.78, 5) is 0. The summed E-state index contributed by atoms with van der Waals surface area (Å²) in [5.41, 5.74) is 0. The van der Waals surface area contributed by atoms with Crippen LogP contribution >= 0.6 is 0 Å². The third-order valence-electron chi connectivity index (χ3n) is 0. The van der Waals surface area contributed by atoms with Gasteiger partial charge in [0.05, 0.1) is 0 Å². The SMILES string of the molecule is [Ba+2].[Ca+2].[Cl-].[Cl-].[Cl-].[Cl-].[Li+].[Na+]. The summed E-state index contributed by atoms with van der Waals surface area (Å²) in [6.45, 7) is 0. The molecule has 0 unspecified atom stereocenters. The summed E-state index contributed by atoms with van der Waals surface area (Å²) in [6.07, 6.45) is 0. The van der Waals surface area contributed by atoms with E-state index < -0.39 is 0 Å². The van der Waals surface area contributed by atoms with Gasteiger partial charge in [0.25, 0.3) is 0 Å². The van der Waals surface area contributed by atoms with Gasteiger partial charge in [0.15, 0.2) is 0 Å². The maximum Gasteiger partial charge on any atom is 2.00 e. The number of hydrogen-bond acceptors (Lipinski definition) is 0. The third-order valence-corrected chi connectivity index (χ3v) is 0. The van der Waals surface area contributed by atoms with E-state index in [1.54, 1.807) is 0 Å². The predicted octanol–water partition coefficient (Wildman–Crippen LogP) is -18.7. The zero-order valence-corrected chi connectivity index (χ0v) is 16.6. The third kappa shape index (κ3) is 41.6. The normalized spacial score (nSPS) is 0. The molecule has 32 valence electrons. The first kappa shape index (κ1) is 68.9. The van der Waals surface area contributed by atoms with Crippen molar-refractivity contribution in [1.29, 1.82) is 0 Å². The van der Waals surface area contributed by atoms with Gasteiger partial charge >= 0.3 is 135 Å². The van der Waals surface area contributed by atoms with Gasteiger partial charge in [-0.05, 0) is 0 Å².